The summed E-state index contributed by atoms with van der Waals surface area (Å²) in [4.78, 5) is 2.93. The van der Waals surface area contributed by atoms with Gasteiger partial charge in [0.1, 0.15) is 0 Å². The molecular weight excluding hydrogens is 220 g/mol. The molecule has 1 aliphatic heterocycles. The summed E-state index contributed by atoms with van der Waals surface area (Å²) in [6.45, 7) is 4.78. The van der Waals surface area contributed by atoms with Gasteiger partial charge in [-0.15, -0.1) is 0 Å². The molecule has 2 saturated carbocycles. The molecule has 0 aromatic heterocycles. The van der Waals surface area contributed by atoms with E-state index in [2.05, 4.69) is 17.1 Å². The Balaban J connectivity index is 1.55. The van der Waals surface area contributed by atoms with Crippen molar-refractivity contribution in [3.63, 3.8) is 0 Å². The van der Waals surface area contributed by atoms with Gasteiger partial charge >= 0.3 is 0 Å². The average Bonchev–Trinajstić information content (AvgIpc) is 2.88. The van der Waals surface area contributed by atoms with Gasteiger partial charge in [0.15, 0.2) is 0 Å². The van der Waals surface area contributed by atoms with Gasteiger partial charge in [-0.25, -0.2) is 0 Å². The Bertz CT molecular complexity index is 258. The lowest BCUT2D eigenvalue weighted by Crippen LogP contribution is -2.50. The molecule has 0 radical (unpaired) electrons. The van der Waals surface area contributed by atoms with Crippen LogP contribution in [0.1, 0.15) is 64.7 Å². The first-order valence-corrected chi connectivity index (χ1v) is 8.37. The minimum absolute atomic E-state index is 0.815. The first-order chi connectivity index (χ1) is 8.88. The van der Waals surface area contributed by atoms with E-state index >= 15 is 0 Å². The van der Waals surface area contributed by atoms with Crippen molar-refractivity contribution in [1.82, 2.24) is 10.2 Å². The van der Waals surface area contributed by atoms with E-state index in [0.29, 0.717) is 0 Å². The second-order valence-corrected chi connectivity index (χ2v) is 6.70. The van der Waals surface area contributed by atoms with Crippen LogP contribution in [0.5, 0.6) is 0 Å². The topological polar surface area (TPSA) is 15.3 Å². The number of hydrogen-bond acceptors (Lipinski definition) is 2. The molecule has 3 rings (SSSR count). The minimum Gasteiger partial charge on any atom is -0.314 e. The Labute approximate surface area is 113 Å². The minimum atomic E-state index is 0.815. The summed E-state index contributed by atoms with van der Waals surface area (Å²) in [6, 6.07) is 2.71. The van der Waals surface area contributed by atoms with Gasteiger partial charge in [-0.3, -0.25) is 4.90 Å². The molecule has 18 heavy (non-hydrogen) atoms. The van der Waals surface area contributed by atoms with Crippen LogP contribution in [0.4, 0.5) is 0 Å². The summed E-state index contributed by atoms with van der Waals surface area (Å²) in [5, 5.41) is 3.64. The summed E-state index contributed by atoms with van der Waals surface area (Å²) >= 11 is 0. The Hall–Kier alpha value is -0.0800. The van der Waals surface area contributed by atoms with E-state index in [9.17, 15) is 0 Å². The third-order valence-corrected chi connectivity index (χ3v) is 5.69. The lowest BCUT2D eigenvalue weighted by Gasteiger charge is -2.45. The number of fused-ring (bicyclic) bond motifs is 1. The molecule has 0 aromatic rings. The normalized spacial score (nSPS) is 41.8. The molecule has 3 fully saturated rings. The molecule has 1 N–H and O–H groups in total. The van der Waals surface area contributed by atoms with Gasteiger partial charge in [0.2, 0.25) is 0 Å². The number of nitrogens with one attached hydrogen (secondary N) is 1. The molecule has 104 valence electrons. The fourth-order valence-electron chi connectivity index (χ4n) is 4.85. The van der Waals surface area contributed by atoms with Crippen LogP contribution in [0.3, 0.4) is 0 Å². The van der Waals surface area contributed by atoms with E-state index in [1.165, 1.54) is 64.3 Å². The van der Waals surface area contributed by atoms with E-state index in [4.69, 9.17) is 0 Å². The number of likely N-dealkylation sites (tertiary alicyclic amines) is 1. The summed E-state index contributed by atoms with van der Waals surface area (Å²) in [5.74, 6) is 1.06. The van der Waals surface area contributed by atoms with Crippen LogP contribution < -0.4 is 5.32 Å². The third-order valence-electron chi connectivity index (χ3n) is 5.69. The largest absolute Gasteiger partial charge is 0.314 e. The molecule has 1 saturated heterocycles. The van der Waals surface area contributed by atoms with Crippen molar-refractivity contribution in [3.8, 4) is 0 Å². The fraction of sp³-hybridized carbons (Fsp3) is 1.00. The molecule has 2 unspecified atom stereocenters. The summed E-state index contributed by atoms with van der Waals surface area (Å²) in [7, 11) is 0. The standard InChI is InChI=1S/C16H30N2/c1-2-17-14-8-10-15(11-9-14)18-12-4-6-13-5-3-7-16(13)18/h13-17H,2-12H2,1H3. The van der Waals surface area contributed by atoms with Crippen molar-refractivity contribution in [2.45, 2.75) is 82.8 Å². The van der Waals surface area contributed by atoms with E-state index in [0.717, 1.165) is 30.6 Å². The van der Waals surface area contributed by atoms with Crippen molar-refractivity contribution < 1.29 is 0 Å². The maximum Gasteiger partial charge on any atom is 0.0126 e. The molecule has 2 aliphatic carbocycles. The van der Waals surface area contributed by atoms with Crippen LogP contribution in [0, 0.1) is 5.92 Å². The maximum atomic E-state index is 3.64. The Morgan fingerprint density at radius 3 is 2.50 bits per heavy atom. The van der Waals surface area contributed by atoms with Gasteiger partial charge in [0.25, 0.3) is 0 Å². The Morgan fingerprint density at radius 2 is 1.72 bits per heavy atom. The molecule has 1 heterocycles. The molecule has 0 aromatic carbocycles. The van der Waals surface area contributed by atoms with Crippen LogP contribution in [0.25, 0.3) is 0 Å². The van der Waals surface area contributed by atoms with Crippen LogP contribution in [-0.2, 0) is 0 Å². The highest BCUT2D eigenvalue weighted by molar-refractivity contribution is 4.94. The molecule has 3 aliphatic rings. The quantitative estimate of drug-likeness (QED) is 0.827. The fourth-order valence-corrected chi connectivity index (χ4v) is 4.85. The van der Waals surface area contributed by atoms with Crippen LogP contribution in [0.2, 0.25) is 0 Å². The van der Waals surface area contributed by atoms with Crippen molar-refractivity contribution in [2.75, 3.05) is 13.1 Å². The predicted molar refractivity (Wildman–Crippen MR) is 76.8 cm³/mol. The molecule has 0 spiro atoms. The molecule has 2 heteroatoms. The Kier molecular flexibility index (Phi) is 4.25. The van der Waals surface area contributed by atoms with Gasteiger partial charge < -0.3 is 5.32 Å². The highest BCUT2D eigenvalue weighted by Crippen LogP contribution is 2.39. The number of rotatable bonds is 3. The van der Waals surface area contributed by atoms with Gasteiger partial charge in [-0.2, -0.15) is 0 Å². The highest BCUT2D eigenvalue weighted by atomic mass is 15.2. The van der Waals surface area contributed by atoms with E-state index in [1.807, 2.05) is 0 Å². The van der Waals surface area contributed by atoms with Gasteiger partial charge in [-0.05, 0) is 70.4 Å². The Morgan fingerprint density at radius 1 is 0.944 bits per heavy atom. The number of nitrogens with zero attached hydrogens (tertiary/aromatic N) is 1. The average molecular weight is 250 g/mol. The number of hydrogen-bond donors (Lipinski definition) is 1. The van der Waals surface area contributed by atoms with Gasteiger partial charge in [-0.1, -0.05) is 13.3 Å². The van der Waals surface area contributed by atoms with Crippen molar-refractivity contribution in [2.24, 2.45) is 5.92 Å². The summed E-state index contributed by atoms with van der Waals surface area (Å²) in [5.41, 5.74) is 0. The molecule has 2 nitrogen and oxygen atoms in total. The zero-order valence-electron chi connectivity index (χ0n) is 12.0. The van der Waals surface area contributed by atoms with E-state index < -0.39 is 0 Å². The molecule has 0 bridgehead atoms. The third kappa shape index (κ3) is 2.60. The highest BCUT2D eigenvalue weighted by Gasteiger charge is 2.38. The summed E-state index contributed by atoms with van der Waals surface area (Å²) < 4.78 is 0. The lowest BCUT2D eigenvalue weighted by atomic mass is 9.85. The van der Waals surface area contributed by atoms with Crippen molar-refractivity contribution >= 4 is 0 Å². The van der Waals surface area contributed by atoms with E-state index in [1.54, 1.807) is 0 Å². The van der Waals surface area contributed by atoms with Crippen LogP contribution in [-0.4, -0.2) is 36.1 Å². The number of piperidine rings is 1. The molecule has 0 amide bonds. The maximum absolute atomic E-state index is 3.64. The molecule has 2 atom stereocenters. The SMILES string of the molecule is CCNC1CCC(N2CCCC3CCCC32)CC1. The smallest absolute Gasteiger partial charge is 0.0126 e. The van der Waals surface area contributed by atoms with Gasteiger partial charge in [0.05, 0.1) is 0 Å². The zero-order valence-corrected chi connectivity index (χ0v) is 12.0. The lowest BCUT2D eigenvalue weighted by molar-refractivity contribution is 0.0453. The molecular formula is C16H30N2. The first kappa shape index (κ1) is 12.9. The predicted octanol–water partition coefficient (Wildman–Crippen LogP) is 3.17. The second kappa shape index (κ2) is 5.92. The van der Waals surface area contributed by atoms with Crippen molar-refractivity contribution in [3.05, 3.63) is 0 Å². The second-order valence-electron chi connectivity index (χ2n) is 6.70. The first-order valence-electron chi connectivity index (χ1n) is 8.37. The van der Waals surface area contributed by atoms with Gasteiger partial charge in [0, 0.05) is 18.1 Å². The zero-order chi connectivity index (χ0) is 12.4. The van der Waals surface area contributed by atoms with Crippen LogP contribution in [0.15, 0.2) is 0 Å². The van der Waals surface area contributed by atoms with Crippen molar-refractivity contribution in [1.29, 1.82) is 0 Å². The van der Waals surface area contributed by atoms with Crippen LogP contribution >= 0.6 is 0 Å². The summed E-state index contributed by atoms with van der Waals surface area (Å²) in [6.07, 6.45) is 13.2. The van der Waals surface area contributed by atoms with E-state index in [-0.39, 0.29) is 0 Å². The monoisotopic (exact) mass is 250 g/mol.